The van der Waals surface area contributed by atoms with Crippen LogP contribution in [0, 0.1) is 0 Å². The van der Waals surface area contributed by atoms with Crippen LogP contribution in [0.3, 0.4) is 0 Å². The Balaban J connectivity index is 1.42. The van der Waals surface area contributed by atoms with Gasteiger partial charge >= 0.3 is 5.97 Å². The largest absolute Gasteiger partial charge is 0.461 e. The lowest BCUT2D eigenvalue weighted by atomic mass is 9.94. The summed E-state index contributed by atoms with van der Waals surface area (Å²) in [4.78, 5) is 12.7. The molecular weight excluding hydrogens is 330 g/mol. The van der Waals surface area contributed by atoms with E-state index in [9.17, 15) is 9.90 Å². The molecule has 4 rings (SSSR count). The van der Waals surface area contributed by atoms with E-state index < -0.39 is 5.92 Å². The first-order valence-electron chi connectivity index (χ1n) is 9.95. The fourth-order valence-electron chi connectivity index (χ4n) is 5.23. The molecule has 26 heavy (non-hydrogen) atoms. The van der Waals surface area contributed by atoms with Crippen molar-refractivity contribution >= 4 is 5.97 Å². The van der Waals surface area contributed by atoms with E-state index in [0.29, 0.717) is 24.3 Å². The number of likely N-dealkylation sites (N-methyl/N-ethyl adjacent to an activating group) is 1. The number of fused-ring (bicyclic) bond motifs is 5. The summed E-state index contributed by atoms with van der Waals surface area (Å²) in [6.45, 7) is 3.20. The number of morpholine rings is 1. The summed E-state index contributed by atoms with van der Waals surface area (Å²) >= 11 is 0. The first-order chi connectivity index (χ1) is 12.6. The minimum absolute atomic E-state index is 0.0560. The molecule has 0 aromatic heterocycles. The average molecular weight is 360 g/mol. The van der Waals surface area contributed by atoms with Crippen LogP contribution >= 0.6 is 0 Å². The first kappa shape index (κ1) is 18.0. The SMILES string of the molecule is CCCC[N+]1(C)[C@@H]2CC(OC(=O)C(CO)c3ccccc3)C[C@H]1C1O[C@@H]12. The zero-order chi connectivity index (χ0) is 18.3. The van der Waals surface area contributed by atoms with Gasteiger partial charge in [0.2, 0.25) is 0 Å². The second-order valence-corrected chi connectivity index (χ2v) is 8.30. The van der Waals surface area contributed by atoms with Gasteiger partial charge in [0.25, 0.3) is 0 Å². The highest BCUT2D eigenvalue weighted by atomic mass is 16.6. The summed E-state index contributed by atoms with van der Waals surface area (Å²) < 4.78 is 12.9. The Hall–Kier alpha value is -1.43. The molecule has 0 amide bonds. The van der Waals surface area contributed by atoms with Gasteiger partial charge in [-0.2, -0.15) is 0 Å². The molecule has 0 radical (unpaired) electrons. The summed E-state index contributed by atoms with van der Waals surface area (Å²) in [5.41, 5.74) is 0.813. The Bertz CT molecular complexity index is 631. The molecule has 4 unspecified atom stereocenters. The van der Waals surface area contributed by atoms with E-state index in [1.54, 1.807) is 0 Å². The Kier molecular flexibility index (Phi) is 4.80. The van der Waals surface area contributed by atoms with Gasteiger partial charge in [0.1, 0.15) is 36.3 Å². The van der Waals surface area contributed by atoms with Crippen LogP contribution in [0.1, 0.15) is 44.1 Å². The number of epoxide rings is 1. The van der Waals surface area contributed by atoms with E-state index in [0.717, 1.165) is 22.9 Å². The van der Waals surface area contributed by atoms with Crippen molar-refractivity contribution in [3.05, 3.63) is 35.9 Å². The fraction of sp³-hybridized carbons (Fsp3) is 0.667. The van der Waals surface area contributed by atoms with Crippen molar-refractivity contribution in [2.24, 2.45) is 0 Å². The van der Waals surface area contributed by atoms with Gasteiger partial charge in [-0.3, -0.25) is 4.79 Å². The van der Waals surface area contributed by atoms with E-state index >= 15 is 0 Å². The number of quaternary nitrogens is 1. The van der Waals surface area contributed by atoms with Gasteiger partial charge in [-0.05, 0) is 12.0 Å². The zero-order valence-electron chi connectivity index (χ0n) is 15.7. The second kappa shape index (κ2) is 6.95. The van der Waals surface area contributed by atoms with Crippen molar-refractivity contribution in [3.63, 3.8) is 0 Å². The summed E-state index contributed by atoms with van der Waals surface area (Å²) in [6.07, 6.45) is 4.83. The van der Waals surface area contributed by atoms with Crippen molar-refractivity contribution < 1.29 is 23.9 Å². The normalized spacial score (nSPS) is 38.5. The summed E-state index contributed by atoms with van der Waals surface area (Å²) in [7, 11) is 2.36. The number of nitrogens with zero attached hydrogens (tertiary/aromatic N) is 1. The van der Waals surface area contributed by atoms with Gasteiger partial charge < -0.3 is 19.1 Å². The molecule has 1 N–H and O–H groups in total. The Labute approximate surface area is 155 Å². The molecule has 3 aliphatic heterocycles. The van der Waals surface area contributed by atoms with Crippen molar-refractivity contribution in [1.29, 1.82) is 0 Å². The van der Waals surface area contributed by atoms with Crippen LogP contribution in [0.15, 0.2) is 30.3 Å². The monoisotopic (exact) mass is 360 g/mol. The van der Waals surface area contributed by atoms with Gasteiger partial charge in [0.15, 0.2) is 0 Å². The van der Waals surface area contributed by atoms with E-state index in [-0.39, 0.29) is 18.7 Å². The lowest BCUT2D eigenvalue weighted by Crippen LogP contribution is -2.62. The van der Waals surface area contributed by atoms with E-state index in [1.165, 1.54) is 19.4 Å². The standard InChI is InChI=1S/C21H30NO4/c1-3-4-10-22(2)17-11-15(12-18(22)20-19(17)26-20)25-21(24)16(13-23)14-8-6-5-7-9-14/h5-9,15-20,23H,3-4,10-13H2,1-2H3/q+1/t15?,16?,17-,18+,19-,20?,22?/m1/s1. The predicted molar refractivity (Wildman–Crippen MR) is 97.6 cm³/mol. The molecule has 3 heterocycles. The fourth-order valence-corrected chi connectivity index (χ4v) is 5.23. The van der Waals surface area contributed by atoms with Crippen LogP contribution in [-0.4, -0.2) is 66.2 Å². The number of benzene rings is 1. The Morgan fingerprint density at radius 3 is 2.50 bits per heavy atom. The average Bonchev–Trinajstić information content (AvgIpc) is 3.40. The number of esters is 1. The van der Waals surface area contributed by atoms with Crippen molar-refractivity contribution in [2.45, 2.75) is 68.9 Å². The summed E-state index contributed by atoms with van der Waals surface area (Å²) in [6, 6.07) is 10.3. The quantitative estimate of drug-likeness (QED) is 0.460. The van der Waals surface area contributed by atoms with Gasteiger partial charge in [0, 0.05) is 12.8 Å². The molecule has 1 aromatic carbocycles. The van der Waals surface area contributed by atoms with Crippen molar-refractivity contribution in [3.8, 4) is 0 Å². The van der Waals surface area contributed by atoms with Gasteiger partial charge in [-0.25, -0.2) is 0 Å². The van der Waals surface area contributed by atoms with Crippen LogP contribution in [-0.2, 0) is 14.3 Å². The highest BCUT2D eigenvalue weighted by Gasteiger charge is 2.71. The van der Waals surface area contributed by atoms with Gasteiger partial charge in [-0.15, -0.1) is 0 Å². The van der Waals surface area contributed by atoms with Crippen molar-refractivity contribution in [2.75, 3.05) is 20.2 Å². The molecule has 0 saturated carbocycles. The van der Waals surface area contributed by atoms with Crippen LogP contribution < -0.4 is 0 Å². The zero-order valence-corrected chi connectivity index (χ0v) is 15.7. The second-order valence-electron chi connectivity index (χ2n) is 8.30. The van der Waals surface area contributed by atoms with Gasteiger partial charge in [-0.1, -0.05) is 43.7 Å². The number of ether oxygens (including phenoxy) is 2. The number of aliphatic hydroxyl groups is 1. The molecule has 142 valence electrons. The summed E-state index contributed by atoms with van der Waals surface area (Å²) in [5.74, 6) is -0.898. The van der Waals surface area contributed by atoms with Crippen LogP contribution in [0.5, 0.6) is 0 Å². The highest BCUT2D eigenvalue weighted by Crippen LogP contribution is 2.52. The number of carbonyl (C=O) groups excluding carboxylic acids is 1. The maximum atomic E-state index is 12.7. The third-order valence-corrected chi connectivity index (χ3v) is 6.79. The molecule has 0 spiro atoms. The molecule has 5 nitrogen and oxygen atoms in total. The van der Waals surface area contributed by atoms with Crippen LogP contribution in [0.2, 0.25) is 0 Å². The molecule has 3 aliphatic rings. The maximum Gasteiger partial charge on any atom is 0.316 e. The van der Waals surface area contributed by atoms with Crippen LogP contribution in [0.25, 0.3) is 0 Å². The van der Waals surface area contributed by atoms with Crippen LogP contribution in [0.4, 0.5) is 0 Å². The highest BCUT2D eigenvalue weighted by molar-refractivity contribution is 5.78. The summed E-state index contributed by atoms with van der Waals surface area (Å²) in [5, 5.41) is 9.70. The van der Waals surface area contributed by atoms with E-state index in [4.69, 9.17) is 9.47 Å². The molecule has 0 aliphatic carbocycles. The molecular formula is C21H30NO4+. The number of unbranched alkanes of at least 4 members (excludes halogenated alkanes) is 1. The number of hydrogen-bond acceptors (Lipinski definition) is 4. The minimum Gasteiger partial charge on any atom is -0.461 e. The third-order valence-electron chi connectivity index (χ3n) is 6.79. The predicted octanol–water partition coefficient (Wildman–Crippen LogP) is 2.23. The van der Waals surface area contributed by atoms with E-state index in [2.05, 4.69) is 14.0 Å². The Morgan fingerprint density at radius 1 is 1.27 bits per heavy atom. The number of hydrogen-bond donors (Lipinski definition) is 1. The molecule has 7 atom stereocenters. The molecule has 1 aromatic rings. The smallest absolute Gasteiger partial charge is 0.316 e. The topological polar surface area (TPSA) is 59.1 Å². The molecule has 3 fully saturated rings. The molecule has 3 saturated heterocycles. The number of carbonyl (C=O) groups is 1. The number of aliphatic hydroxyl groups excluding tert-OH is 1. The maximum absolute atomic E-state index is 12.7. The van der Waals surface area contributed by atoms with Crippen molar-refractivity contribution in [1.82, 2.24) is 0 Å². The third kappa shape index (κ3) is 2.96. The first-order valence-corrected chi connectivity index (χ1v) is 9.95. The number of piperidine rings is 1. The Morgan fingerprint density at radius 2 is 1.92 bits per heavy atom. The lowest BCUT2D eigenvalue weighted by molar-refractivity contribution is -0.956. The number of rotatable bonds is 7. The van der Waals surface area contributed by atoms with Gasteiger partial charge in [0.05, 0.1) is 20.2 Å². The van der Waals surface area contributed by atoms with E-state index in [1.807, 2.05) is 30.3 Å². The molecule has 2 bridgehead atoms. The lowest BCUT2D eigenvalue weighted by Gasteiger charge is -2.48. The minimum atomic E-state index is -0.595. The molecule has 5 heteroatoms.